The Bertz CT molecular complexity index is 1070. The summed E-state index contributed by atoms with van der Waals surface area (Å²) >= 11 is 0. The highest BCUT2D eigenvalue weighted by molar-refractivity contribution is 7.89. The Balaban J connectivity index is 1.67. The van der Waals surface area contributed by atoms with Crippen molar-refractivity contribution in [2.45, 2.75) is 42.6 Å². The molecular weight excluding hydrogens is 406 g/mol. The fourth-order valence-corrected chi connectivity index (χ4v) is 6.08. The second-order valence-corrected chi connectivity index (χ2v) is 9.85. The molecule has 1 atom stereocenters. The van der Waals surface area contributed by atoms with Gasteiger partial charge in [0.15, 0.2) is 0 Å². The molecule has 1 saturated heterocycles. The number of hydrogen-bond acceptors (Lipinski definition) is 6. The third-order valence-electron chi connectivity index (χ3n) is 5.99. The molecule has 30 heavy (non-hydrogen) atoms. The fourth-order valence-electron chi connectivity index (χ4n) is 4.37. The molecule has 0 spiro atoms. The van der Waals surface area contributed by atoms with Crippen LogP contribution in [-0.2, 0) is 22.0 Å². The van der Waals surface area contributed by atoms with E-state index < -0.39 is 20.5 Å². The summed E-state index contributed by atoms with van der Waals surface area (Å²) in [6.07, 6.45) is 3.82. The SMILES string of the molecule is O=[N+]([O-])c1ccc(NCC2(O)CCCc3ccccc32)c(S(=O)(=O)N2CCCC2)c1. The van der Waals surface area contributed by atoms with Crippen LogP contribution in [0.3, 0.4) is 0 Å². The predicted molar refractivity (Wildman–Crippen MR) is 113 cm³/mol. The third-order valence-corrected chi connectivity index (χ3v) is 7.92. The lowest BCUT2D eigenvalue weighted by Gasteiger charge is -2.35. The van der Waals surface area contributed by atoms with E-state index in [0.29, 0.717) is 19.5 Å². The van der Waals surface area contributed by atoms with Crippen molar-refractivity contribution < 1.29 is 18.4 Å². The molecule has 1 aliphatic heterocycles. The minimum Gasteiger partial charge on any atom is -0.383 e. The quantitative estimate of drug-likeness (QED) is 0.537. The molecule has 2 N–H and O–H groups in total. The monoisotopic (exact) mass is 431 g/mol. The topological polar surface area (TPSA) is 113 Å². The lowest BCUT2D eigenvalue weighted by Crippen LogP contribution is -2.38. The molecule has 1 fully saturated rings. The van der Waals surface area contributed by atoms with E-state index in [4.69, 9.17) is 0 Å². The first kappa shape index (κ1) is 20.8. The van der Waals surface area contributed by atoms with E-state index in [9.17, 15) is 23.6 Å². The van der Waals surface area contributed by atoms with Crippen molar-refractivity contribution in [2.24, 2.45) is 0 Å². The normalized spacial score (nSPS) is 21.9. The average Bonchev–Trinajstić information content (AvgIpc) is 3.28. The van der Waals surface area contributed by atoms with Gasteiger partial charge in [0.2, 0.25) is 10.0 Å². The van der Waals surface area contributed by atoms with Gasteiger partial charge in [-0.1, -0.05) is 24.3 Å². The molecular formula is C21H25N3O5S. The molecule has 1 heterocycles. The Morgan fingerprint density at radius 2 is 1.87 bits per heavy atom. The van der Waals surface area contributed by atoms with E-state index in [0.717, 1.165) is 42.9 Å². The molecule has 160 valence electrons. The Hall–Kier alpha value is -2.49. The maximum Gasteiger partial charge on any atom is 0.270 e. The number of anilines is 1. The second-order valence-electron chi connectivity index (χ2n) is 7.94. The standard InChI is InChI=1S/C21H25N3O5S/c25-21(11-5-7-16-6-1-2-8-18(16)21)15-22-19-10-9-17(24(26)27)14-20(19)30(28,29)23-12-3-4-13-23/h1-2,6,8-10,14,22,25H,3-5,7,11-13,15H2. The van der Waals surface area contributed by atoms with Gasteiger partial charge in [-0.05, 0) is 49.3 Å². The lowest BCUT2D eigenvalue weighted by atomic mass is 9.79. The maximum atomic E-state index is 13.2. The zero-order chi connectivity index (χ0) is 21.4. The number of aliphatic hydroxyl groups is 1. The van der Waals surface area contributed by atoms with Crippen molar-refractivity contribution in [1.82, 2.24) is 4.31 Å². The Morgan fingerprint density at radius 1 is 1.13 bits per heavy atom. The fraction of sp³-hybridized carbons (Fsp3) is 0.429. The highest BCUT2D eigenvalue weighted by Gasteiger charge is 2.35. The highest BCUT2D eigenvalue weighted by atomic mass is 32.2. The Kier molecular flexibility index (Phi) is 5.52. The number of non-ortho nitro benzene ring substituents is 1. The van der Waals surface area contributed by atoms with Crippen LogP contribution in [0.15, 0.2) is 47.4 Å². The smallest absolute Gasteiger partial charge is 0.270 e. The van der Waals surface area contributed by atoms with Crippen molar-refractivity contribution in [3.05, 3.63) is 63.7 Å². The number of aryl methyl sites for hydroxylation is 1. The molecule has 4 rings (SSSR count). The van der Waals surface area contributed by atoms with Crippen LogP contribution in [0, 0.1) is 10.1 Å². The summed E-state index contributed by atoms with van der Waals surface area (Å²) in [6.45, 7) is 0.925. The number of nitrogens with zero attached hydrogens (tertiary/aromatic N) is 2. The van der Waals surface area contributed by atoms with Gasteiger partial charge < -0.3 is 10.4 Å². The van der Waals surface area contributed by atoms with Crippen LogP contribution in [0.25, 0.3) is 0 Å². The molecule has 8 nitrogen and oxygen atoms in total. The first-order chi connectivity index (χ1) is 14.3. The van der Waals surface area contributed by atoms with Gasteiger partial charge >= 0.3 is 0 Å². The van der Waals surface area contributed by atoms with Gasteiger partial charge in [-0.2, -0.15) is 4.31 Å². The number of sulfonamides is 1. The summed E-state index contributed by atoms with van der Waals surface area (Å²) in [5.41, 5.74) is 0.783. The van der Waals surface area contributed by atoms with Gasteiger partial charge in [0.05, 0.1) is 10.6 Å². The van der Waals surface area contributed by atoms with E-state index >= 15 is 0 Å². The molecule has 1 unspecified atom stereocenters. The van der Waals surface area contributed by atoms with Gasteiger partial charge in [-0.15, -0.1) is 0 Å². The van der Waals surface area contributed by atoms with Gasteiger partial charge in [-0.3, -0.25) is 10.1 Å². The van der Waals surface area contributed by atoms with Crippen LogP contribution >= 0.6 is 0 Å². The number of nitro benzene ring substituents is 1. The Morgan fingerprint density at radius 3 is 2.60 bits per heavy atom. The van der Waals surface area contributed by atoms with Gasteiger partial charge in [0.1, 0.15) is 10.5 Å². The van der Waals surface area contributed by atoms with E-state index in [-0.39, 0.29) is 22.8 Å². The van der Waals surface area contributed by atoms with Crippen molar-refractivity contribution in [2.75, 3.05) is 25.0 Å². The van der Waals surface area contributed by atoms with Crippen LogP contribution in [0.1, 0.15) is 36.8 Å². The number of nitrogens with one attached hydrogen (secondary N) is 1. The molecule has 0 saturated carbocycles. The second kappa shape index (κ2) is 7.98. The van der Waals surface area contributed by atoms with Gasteiger partial charge in [0.25, 0.3) is 5.69 Å². The summed E-state index contributed by atoms with van der Waals surface area (Å²) in [5.74, 6) is 0. The molecule has 1 aliphatic carbocycles. The lowest BCUT2D eigenvalue weighted by molar-refractivity contribution is -0.385. The molecule has 0 radical (unpaired) electrons. The minimum absolute atomic E-state index is 0.115. The number of nitro groups is 1. The van der Waals surface area contributed by atoms with Crippen LogP contribution in [0.4, 0.5) is 11.4 Å². The number of benzene rings is 2. The summed E-state index contributed by atoms with van der Waals surface area (Å²) < 4.78 is 27.7. The van der Waals surface area contributed by atoms with Crippen molar-refractivity contribution in [1.29, 1.82) is 0 Å². The zero-order valence-electron chi connectivity index (χ0n) is 16.6. The largest absolute Gasteiger partial charge is 0.383 e. The molecule has 0 aromatic heterocycles. The first-order valence-electron chi connectivity index (χ1n) is 10.1. The zero-order valence-corrected chi connectivity index (χ0v) is 17.4. The Labute approximate surface area is 175 Å². The molecule has 9 heteroatoms. The first-order valence-corrected chi connectivity index (χ1v) is 11.6. The summed E-state index contributed by atoms with van der Waals surface area (Å²) in [7, 11) is -3.87. The average molecular weight is 432 g/mol. The maximum absolute atomic E-state index is 13.2. The molecule has 2 aromatic carbocycles. The van der Waals surface area contributed by atoms with Crippen molar-refractivity contribution in [3.8, 4) is 0 Å². The van der Waals surface area contributed by atoms with Gasteiger partial charge in [0, 0.05) is 31.8 Å². The molecule has 2 aliphatic rings. The van der Waals surface area contributed by atoms with Crippen molar-refractivity contribution >= 4 is 21.4 Å². The summed E-state index contributed by atoms with van der Waals surface area (Å²) in [5, 5.41) is 25.6. The number of rotatable bonds is 6. The summed E-state index contributed by atoms with van der Waals surface area (Å²) in [6, 6.07) is 11.5. The summed E-state index contributed by atoms with van der Waals surface area (Å²) in [4.78, 5) is 10.5. The minimum atomic E-state index is -3.87. The highest BCUT2D eigenvalue weighted by Crippen LogP contribution is 2.37. The molecule has 0 amide bonds. The van der Waals surface area contributed by atoms with E-state index in [2.05, 4.69) is 5.32 Å². The predicted octanol–water partition coefficient (Wildman–Crippen LogP) is 3.02. The van der Waals surface area contributed by atoms with E-state index in [1.54, 1.807) is 0 Å². The third kappa shape index (κ3) is 3.80. The molecule has 0 bridgehead atoms. The number of fused-ring (bicyclic) bond motifs is 1. The van der Waals surface area contributed by atoms with Crippen LogP contribution in [0.5, 0.6) is 0 Å². The molecule has 2 aromatic rings. The number of hydrogen-bond donors (Lipinski definition) is 2. The van der Waals surface area contributed by atoms with E-state index in [1.165, 1.54) is 16.4 Å². The van der Waals surface area contributed by atoms with E-state index in [1.807, 2.05) is 24.3 Å². The van der Waals surface area contributed by atoms with Gasteiger partial charge in [-0.25, -0.2) is 8.42 Å². The van der Waals surface area contributed by atoms with Crippen LogP contribution < -0.4 is 5.32 Å². The van der Waals surface area contributed by atoms with Crippen molar-refractivity contribution in [3.63, 3.8) is 0 Å². The van der Waals surface area contributed by atoms with Crippen LogP contribution in [0.2, 0.25) is 0 Å². The van der Waals surface area contributed by atoms with Crippen LogP contribution in [-0.4, -0.2) is 42.4 Å².